The number of aromatic nitrogens is 3. The lowest BCUT2D eigenvalue weighted by Gasteiger charge is -2.15. The highest BCUT2D eigenvalue weighted by molar-refractivity contribution is 14.0. The minimum atomic E-state index is 0. The van der Waals surface area contributed by atoms with Gasteiger partial charge in [-0.3, -0.25) is 4.99 Å². The predicted molar refractivity (Wildman–Crippen MR) is 132 cm³/mol. The zero-order valence-corrected chi connectivity index (χ0v) is 20.7. The zero-order valence-electron chi connectivity index (χ0n) is 18.4. The number of benzene rings is 1. The molecule has 0 unspecified atom stereocenters. The third-order valence-electron chi connectivity index (χ3n) is 5.25. The molecule has 0 saturated carbocycles. The van der Waals surface area contributed by atoms with Gasteiger partial charge in [-0.25, -0.2) is 0 Å². The van der Waals surface area contributed by atoms with E-state index in [1.54, 1.807) is 7.05 Å². The molecular weight excluding hydrogens is 491 g/mol. The van der Waals surface area contributed by atoms with Gasteiger partial charge in [-0.05, 0) is 31.4 Å². The molecule has 1 aliphatic heterocycles. The Hall–Kier alpha value is -1.84. The van der Waals surface area contributed by atoms with E-state index in [2.05, 4.69) is 62.4 Å². The third-order valence-corrected chi connectivity index (χ3v) is 5.25. The summed E-state index contributed by atoms with van der Waals surface area (Å²) in [5.74, 6) is 3.76. The van der Waals surface area contributed by atoms with E-state index in [9.17, 15) is 0 Å². The average molecular weight is 526 g/mol. The van der Waals surface area contributed by atoms with Crippen LogP contribution in [0.25, 0.3) is 0 Å². The van der Waals surface area contributed by atoms with E-state index in [4.69, 9.17) is 4.74 Å². The Kier molecular flexibility index (Phi) is 10.4. The smallest absolute Gasteiger partial charge is 0.191 e. The number of nitrogens with zero attached hydrogens (tertiary/aromatic N) is 4. The molecule has 3 rings (SSSR count). The van der Waals surface area contributed by atoms with Crippen molar-refractivity contribution >= 4 is 29.9 Å². The molecule has 0 atom stereocenters. The Morgan fingerprint density at radius 1 is 1.17 bits per heavy atom. The lowest BCUT2D eigenvalue weighted by Crippen LogP contribution is -2.37. The van der Waals surface area contributed by atoms with Crippen LogP contribution in [0.1, 0.15) is 61.8 Å². The van der Waals surface area contributed by atoms with Gasteiger partial charge in [0.05, 0.1) is 13.2 Å². The normalized spacial score (nSPS) is 13.0. The van der Waals surface area contributed by atoms with Gasteiger partial charge in [-0.2, -0.15) is 0 Å². The van der Waals surface area contributed by atoms with Crippen LogP contribution >= 0.6 is 24.0 Å². The molecule has 166 valence electrons. The first-order chi connectivity index (χ1) is 14.2. The highest BCUT2D eigenvalue weighted by atomic mass is 127. The fraction of sp³-hybridized carbons (Fsp3) is 0.591. The van der Waals surface area contributed by atoms with Crippen molar-refractivity contribution in [2.75, 3.05) is 13.7 Å². The van der Waals surface area contributed by atoms with Crippen LogP contribution in [0.2, 0.25) is 0 Å². The number of ether oxygens (including phenoxy) is 1. The number of fused-ring (bicyclic) bond motifs is 1. The van der Waals surface area contributed by atoms with Gasteiger partial charge in [-0.1, -0.05) is 38.3 Å². The monoisotopic (exact) mass is 526 g/mol. The molecule has 0 aliphatic carbocycles. The van der Waals surface area contributed by atoms with E-state index >= 15 is 0 Å². The summed E-state index contributed by atoms with van der Waals surface area (Å²) < 4.78 is 8.28. The van der Waals surface area contributed by atoms with E-state index in [1.807, 2.05) is 0 Å². The van der Waals surface area contributed by atoms with E-state index < -0.39 is 0 Å². The Morgan fingerprint density at radius 2 is 2.00 bits per heavy atom. The molecular formula is C22H35IN6O. The van der Waals surface area contributed by atoms with Crippen LogP contribution in [0.5, 0.6) is 5.75 Å². The van der Waals surface area contributed by atoms with Crippen LogP contribution in [0.4, 0.5) is 0 Å². The van der Waals surface area contributed by atoms with Crippen LogP contribution in [0.15, 0.2) is 23.2 Å². The minimum absolute atomic E-state index is 0. The van der Waals surface area contributed by atoms with Gasteiger partial charge in [0.15, 0.2) is 11.8 Å². The summed E-state index contributed by atoms with van der Waals surface area (Å²) >= 11 is 0. The van der Waals surface area contributed by atoms with Gasteiger partial charge >= 0.3 is 0 Å². The fourth-order valence-electron chi connectivity index (χ4n) is 3.56. The van der Waals surface area contributed by atoms with Gasteiger partial charge in [0.1, 0.15) is 11.6 Å². The second kappa shape index (κ2) is 12.8. The number of halogens is 1. The Bertz CT molecular complexity index is 820. The molecule has 0 radical (unpaired) electrons. The maximum Gasteiger partial charge on any atom is 0.191 e. The van der Waals surface area contributed by atoms with E-state index in [1.165, 1.54) is 24.8 Å². The highest BCUT2D eigenvalue weighted by Gasteiger charge is 2.17. The molecule has 1 aromatic carbocycles. The first-order valence-electron chi connectivity index (χ1n) is 10.8. The molecule has 0 spiro atoms. The minimum Gasteiger partial charge on any atom is -0.493 e. The summed E-state index contributed by atoms with van der Waals surface area (Å²) in [6, 6.07) is 6.37. The fourth-order valence-corrected chi connectivity index (χ4v) is 3.56. The van der Waals surface area contributed by atoms with Crippen molar-refractivity contribution < 1.29 is 4.74 Å². The summed E-state index contributed by atoms with van der Waals surface area (Å²) in [4.78, 5) is 4.34. The Balaban J connectivity index is 0.00000320. The summed E-state index contributed by atoms with van der Waals surface area (Å²) in [7, 11) is 1.78. The summed E-state index contributed by atoms with van der Waals surface area (Å²) in [5.41, 5.74) is 2.35. The molecule has 1 aromatic heterocycles. The van der Waals surface area contributed by atoms with Gasteiger partial charge in [0, 0.05) is 32.1 Å². The predicted octanol–water partition coefficient (Wildman–Crippen LogP) is 3.98. The van der Waals surface area contributed by atoms with E-state index in [0.29, 0.717) is 13.1 Å². The van der Waals surface area contributed by atoms with Gasteiger partial charge in [-0.15, -0.1) is 34.2 Å². The molecule has 0 saturated heterocycles. The number of hydrogen-bond donors (Lipinski definition) is 2. The highest BCUT2D eigenvalue weighted by Crippen LogP contribution is 2.21. The third kappa shape index (κ3) is 6.85. The van der Waals surface area contributed by atoms with E-state index in [0.717, 1.165) is 61.3 Å². The van der Waals surface area contributed by atoms with Gasteiger partial charge in [0.25, 0.3) is 0 Å². The topological polar surface area (TPSA) is 76.4 Å². The molecule has 0 fully saturated rings. The van der Waals surface area contributed by atoms with Crippen LogP contribution in [-0.2, 0) is 26.1 Å². The van der Waals surface area contributed by atoms with Gasteiger partial charge in [0.2, 0.25) is 0 Å². The molecule has 30 heavy (non-hydrogen) atoms. The lowest BCUT2D eigenvalue weighted by atomic mass is 10.1. The van der Waals surface area contributed by atoms with Crippen LogP contribution in [-0.4, -0.2) is 34.4 Å². The second-order valence-electron chi connectivity index (χ2n) is 7.59. The SMILES string of the molecule is CCCCCCOc1cc(C)ccc1CNC(=NC)NCc1nnc2n1CCC2.I. The molecule has 2 N–H and O–H groups in total. The number of unbranched alkanes of at least 4 members (excludes halogenated alkanes) is 3. The van der Waals surface area contributed by atoms with Crippen molar-refractivity contribution in [1.82, 2.24) is 25.4 Å². The number of rotatable bonds is 10. The molecule has 8 heteroatoms. The Labute approximate surface area is 197 Å². The van der Waals surface area contributed by atoms with Crippen LogP contribution < -0.4 is 15.4 Å². The first kappa shape index (κ1) is 24.4. The number of aryl methyl sites for hydroxylation is 2. The quantitative estimate of drug-likeness (QED) is 0.212. The summed E-state index contributed by atoms with van der Waals surface area (Å²) in [6.45, 7) is 7.36. The van der Waals surface area contributed by atoms with E-state index in [-0.39, 0.29) is 24.0 Å². The maximum atomic E-state index is 6.08. The molecule has 1 aliphatic rings. The summed E-state index contributed by atoms with van der Waals surface area (Å²) in [6.07, 6.45) is 7.00. The van der Waals surface area contributed by atoms with Crippen molar-refractivity contribution in [1.29, 1.82) is 0 Å². The molecule has 2 heterocycles. The number of nitrogens with one attached hydrogen (secondary N) is 2. The van der Waals surface area contributed by atoms with Crippen molar-refractivity contribution in [2.24, 2.45) is 4.99 Å². The van der Waals surface area contributed by atoms with Crippen LogP contribution in [0.3, 0.4) is 0 Å². The van der Waals surface area contributed by atoms with Crippen molar-refractivity contribution in [2.45, 2.75) is 72.0 Å². The summed E-state index contributed by atoms with van der Waals surface area (Å²) in [5, 5.41) is 15.3. The number of aliphatic imine (C=N–C) groups is 1. The zero-order chi connectivity index (χ0) is 20.5. The second-order valence-corrected chi connectivity index (χ2v) is 7.59. The van der Waals surface area contributed by atoms with Crippen molar-refractivity contribution in [3.63, 3.8) is 0 Å². The molecule has 0 amide bonds. The molecule has 7 nitrogen and oxygen atoms in total. The van der Waals surface area contributed by atoms with Crippen molar-refractivity contribution in [3.05, 3.63) is 41.0 Å². The lowest BCUT2D eigenvalue weighted by molar-refractivity contribution is 0.301. The first-order valence-corrected chi connectivity index (χ1v) is 10.8. The maximum absolute atomic E-state index is 6.08. The largest absolute Gasteiger partial charge is 0.493 e. The number of hydrogen-bond acceptors (Lipinski definition) is 4. The number of guanidine groups is 1. The molecule has 2 aromatic rings. The van der Waals surface area contributed by atoms with Crippen molar-refractivity contribution in [3.8, 4) is 5.75 Å². The van der Waals surface area contributed by atoms with Crippen LogP contribution in [0, 0.1) is 6.92 Å². The standard InChI is InChI=1S/C22H34N6O.HI/c1-4-5-6-7-13-29-19-14-17(2)10-11-18(19)15-24-22(23-3)25-16-21-27-26-20-9-8-12-28(20)21;/h10-11,14H,4-9,12-13,15-16H2,1-3H3,(H2,23,24,25);1H. The average Bonchev–Trinajstić information content (AvgIpc) is 3.33. The molecule has 0 bridgehead atoms. The Morgan fingerprint density at radius 3 is 2.80 bits per heavy atom. The van der Waals surface area contributed by atoms with Gasteiger partial charge < -0.3 is 19.9 Å².